The van der Waals surface area contributed by atoms with Crippen LogP contribution >= 0.6 is 0 Å². The second-order valence-corrected chi connectivity index (χ2v) is 3.16. The first-order chi connectivity index (χ1) is 5.09. The number of carbonyl (C=O) groups is 1. The first-order valence-electron chi connectivity index (χ1n) is 3.83. The van der Waals surface area contributed by atoms with Crippen molar-refractivity contribution in [2.45, 2.75) is 26.0 Å². The molecule has 64 valence electrons. The third kappa shape index (κ3) is 2.08. The Labute approximate surface area is 66.2 Å². The fraction of sp³-hybridized carbons (Fsp3) is 0.857. The predicted molar refractivity (Wildman–Crippen MR) is 41.2 cm³/mol. The largest absolute Gasteiger partial charge is 0.389 e. The van der Waals surface area contributed by atoms with Crippen LogP contribution in [0.4, 0.5) is 4.79 Å². The molecule has 0 aliphatic carbocycles. The Kier molecular flexibility index (Phi) is 2.34. The van der Waals surface area contributed by atoms with Gasteiger partial charge in [0.15, 0.2) is 0 Å². The molecule has 0 atom stereocenters. The molecule has 1 aliphatic heterocycles. The summed E-state index contributed by atoms with van der Waals surface area (Å²) in [6.45, 7) is 4.76. The fourth-order valence-electron chi connectivity index (χ4n) is 0.959. The monoisotopic (exact) mass is 158 g/mol. The SMILES string of the molecule is CC(C)NC(=O)N1CC(O)C1. The molecule has 1 heterocycles. The molecular weight excluding hydrogens is 144 g/mol. The zero-order valence-corrected chi connectivity index (χ0v) is 6.87. The van der Waals surface area contributed by atoms with Crippen molar-refractivity contribution >= 4 is 6.03 Å². The van der Waals surface area contributed by atoms with Crippen LogP contribution in [-0.2, 0) is 0 Å². The van der Waals surface area contributed by atoms with Gasteiger partial charge in [-0.2, -0.15) is 0 Å². The Morgan fingerprint density at radius 1 is 1.64 bits per heavy atom. The van der Waals surface area contributed by atoms with Crippen molar-refractivity contribution in [3.05, 3.63) is 0 Å². The summed E-state index contributed by atoms with van der Waals surface area (Å²) in [6.07, 6.45) is -0.312. The molecule has 0 spiro atoms. The van der Waals surface area contributed by atoms with Gasteiger partial charge < -0.3 is 15.3 Å². The summed E-state index contributed by atoms with van der Waals surface area (Å²) in [5, 5.41) is 11.6. The summed E-state index contributed by atoms with van der Waals surface area (Å²) in [5.74, 6) is 0. The van der Waals surface area contributed by atoms with Gasteiger partial charge in [0.2, 0.25) is 0 Å². The van der Waals surface area contributed by atoms with Gasteiger partial charge in [0.25, 0.3) is 0 Å². The third-order valence-corrected chi connectivity index (χ3v) is 1.56. The summed E-state index contributed by atoms with van der Waals surface area (Å²) in [4.78, 5) is 12.7. The number of carbonyl (C=O) groups excluding carboxylic acids is 1. The molecule has 1 rings (SSSR count). The molecule has 0 radical (unpaired) electrons. The number of hydrogen-bond acceptors (Lipinski definition) is 2. The fourth-order valence-corrected chi connectivity index (χ4v) is 0.959. The van der Waals surface area contributed by atoms with Crippen molar-refractivity contribution in [1.82, 2.24) is 10.2 Å². The van der Waals surface area contributed by atoms with Gasteiger partial charge in [-0.15, -0.1) is 0 Å². The maximum Gasteiger partial charge on any atom is 0.317 e. The number of aliphatic hydroxyl groups excluding tert-OH is 1. The van der Waals surface area contributed by atoms with Crippen molar-refractivity contribution in [3.8, 4) is 0 Å². The van der Waals surface area contributed by atoms with Crippen molar-refractivity contribution in [2.75, 3.05) is 13.1 Å². The molecule has 11 heavy (non-hydrogen) atoms. The molecule has 0 saturated carbocycles. The predicted octanol–water partition coefficient (Wildman–Crippen LogP) is -0.219. The van der Waals surface area contributed by atoms with Crippen LogP contribution in [-0.4, -0.2) is 41.3 Å². The smallest absolute Gasteiger partial charge is 0.317 e. The highest BCUT2D eigenvalue weighted by atomic mass is 16.3. The van der Waals surface area contributed by atoms with Crippen LogP contribution in [0.15, 0.2) is 0 Å². The van der Waals surface area contributed by atoms with Gasteiger partial charge in [-0.1, -0.05) is 0 Å². The van der Waals surface area contributed by atoms with Gasteiger partial charge in [0.05, 0.1) is 19.2 Å². The Hall–Kier alpha value is -0.770. The molecule has 1 saturated heterocycles. The van der Waals surface area contributed by atoms with Crippen LogP contribution in [0.3, 0.4) is 0 Å². The van der Waals surface area contributed by atoms with Crippen LogP contribution < -0.4 is 5.32 Å². The first-order valence-corrected chi connectivity index (χ1v) is 3.83. The summed E-state index contributed by atoms with van der Waals surface area (Å²) in [5.41, 5.74) is 0. The minimum Gasteiger partial charge on any atom is -0.389 e. The molecule has 2 N–H and O–H groups in total. The molecular formula is C7H14N2O2. The number of urea groups is 1. The van der Waals surface area contributed by atoms with Gasteiger partial charge >= 0.3 is 6.03 Å². The van der Waals surface area contributed by atoms with Crippen molar-refractivity contribution < 1.29 is 9.90 Å². The lowest BCUT2D eigenvalue weighted by Crippen LogP contribution is -2.57. The molecule has 1 aliphatic rings. The van der Waals surface area contributed by atoms with E-state index in [9.17, 15) is 4.79 Å². The van der Waals surface area contributed by atoms with Crippen molar-refractivity contribution in [2.24, 2.45) is 0 Å². The van der Waals surface area contributed by atoms with Crippen molar-refractivity contribution in [3.63, 3.8) is 0 Å². The van der Waals surface area contributed by atoms with E-state index in [4.69, 9.17) is 5.11 Å². The minimum absolute atomic E-state index is 0.0784. The molecule has 2 amide bonds. The highest BCUT2D eigenvalue weighted by molar-refractivity contribution is 5.75. The van der Waals surface area contributed by atoms with E-state index in [-0.39, 0.29) is 18.2 Å². The lowest BCUT2D eigenvalue weighted by molar-refractivity contribution is 0.0261. The number of rotatable bonds is 1. The van der Waals surface area contributed by atoms with E-state index in [0.29, 0.717) is 13.1 Å². The van der Waals surface area contributed by atoms with Gasteiger partial charge in [-0.05, 0) is 13.8 Å². The average Bonchev–Trinajstić information content (AvgIpc) is 1.79. The van der Waals surface area contributed by atoms with E-state index in [1.807, 2.05) is 13.8 Å². The van der Waals surface area contributed by atoms with Gasteiger partial charge in [0.1, 0.15) is 0 Å². The summed E-state index contributed by atoms with van der Waals surface area (Å²) >= 11 is 0. The van der Waals surface area contributed by atoms with Crippen LogP contribution in [0, 0.1) is 0 Å². The topological polar surface area (TPSA) is 52.6 Å². The first kappa shape index (κ1) is 8.33. The minimum atomic E-state index is -0.312. The lowest BCUT2D eigenvalue weighted by atomic mass is 10.2. The second kappa shape index (κ2) is 3.09. The summed E-state index contributed by atoms with van der Waals surface area (Å²) in [7, 11) is 0. The van der Waals surface area contributed by atoms with Crippen LogP contribution in [0.1, 0.15) is 13.8 Å². The van der Waals surface area contributed by atoms with E-state index >= 15 is 0 Å². The van der Waals surface area contributed by atoms with Crippen LogP contribution in [0.5, 0.6) is 0 Å². The van der Waals surface area contributed by atoms with Gasteiger partial charge in [0, 0.05) is 6.04 Å². The van der Waals surface area contributed by atoms with Crippen LogP contribution in [0.2, 0.25) is 0 Å². The molecule has 4 nitrogen and oxygen atoms in total. The highest BCUT2D eigenvalue weighted by Crippen LogP contribution is 2.06. The maximum atomic E-state index is 11.1. The molecule has 0 unspecified atom stereocenters. The number of nitrogens with one attached hydrogen (secondary N) is 1. The van der Waals surface area contributed by atoms with Gasteiger partial charge in [-0.25, -0.2) is 4.79 Å². The normalized spacial score (nSPS) is 18.4. The molecule has 0 bridgehead atoms. The zero-order valence-electron chi connectivity index (χ0n) is 6.87. The number of likely N-dealkylation sites (tertiary alicyclic amines) is 1. The third-order valence-electron chi connectivity index (χ3n) is 1.56. The maximum absolute atomic E-state index is 11.1. The van der Waals surface area contributed by atoms with E-state index < -0.39 is 0 Å². The number of β-amino-alcohol motifs (C(OH)–C–C–N with tert-alkyl or cyclic N) is 1. The quantitative estimate of drug-likeness (QED) is 0.554. The Balaban J connectivity index is 2.21. The summed E-state index contributed by atoms with van der Waals surface area (Å²) in [6, 6.07) is 0.0885. The van der Waals surface area contributed by atoms with Crippen molar-refractivity contribution in [1.29, 1.82) is 0 Å². The summed E-state index contributed by atoms with van der Waals surface area (Å²) < 4.78 is 0. The Morgan fingerprint density at radius 3 is 2.55 bits per heavy atom. The molecule has 0 aromatic carbocycles. The molecule has 0 aromatic rings. The standard InChI is InChI=1S/C7H14N2O2/c1-5(2)8-7(11)9-3-6(10)4-9/h5-6,10H,3-4H2,1-2H3,(H,8,11). The molecule has 0 aromatic heterocycles. The highest BCUT2D eigenvalue weighted by Gasteiger charge is 2.28. The van der Waals surface area contributed by atoms with Crippen LogP contribution in [0.25, 0.3) is 0 Å². The number of nitrogens with zero attached hydrogens (tertiary/aromatic N) is 1. The van der Waals surface area contributed by atoms with E-state index in [1.54, 1.807) is 4.90 Å². The van der Waals surface area contributed by atoms with E-state index in [0.717, 1.165) is 0 Å². The van der Waals surface area contributed by atoms with E-state index in [2.05, 4.69) is 5.32 Å². The molecule has 1 fully saturated rings. The average molecular weight is 158 g/mol. The van der Waals surface area contributed by atoms with Gasteiger partial charge in [-0.3, -0.25) is 0 Å². The second-order valence-electron chi connectivity index (χ2n) is 3.16. The molecule has 4 heteroatoms. The number of aliphatic hydroxyl groups is 1. The Bertz CT molecular complexity index is 153. The Morgan fingerprint density at radius 2 is 2.18 bits per heavy atom. The number of hydrogen-bond donors (Lipinski definition) is 2. The zero-order chi connectivity index (χ0) is 8.43. The lowest BCUT2D eigenvalue weighted by Gasteiger charge is -2.36. The van der Waals surface area contributed by atoms with E-state index in [1.165, 1.54) is 0 Å². The number of amides is 2.